The molecule has 94 valence electrons. The van der Waals surface area contributed by atoms with Crippen LogP contribution >= 0.6 is 0 Å². The predicted molar refractivity (Wildman–Crippen MR) is 66.9 cm³/mol. The number of hydrogen-bond acceptors (Lipinski definition) is 4. The molecule has 1 fully saturated rings. The SMILES string of the molecule is C[C@H](O)c1ccc(N2CCCC(CO)C2)nc1. The number of nitrogens with zero attached hydrogens (tertiary/aromatic N) is 2. The van der Waals surface area contributed by atoms with E-state index in [0.717, 1.165) is 37.3 Å². The van der Waals surface area contributed by atoms with Crippen molar-refractivity contribution < 1.29 is 10.2 Å². The first-order chi connectivity index (χ1) is 8.20. The van der Waals surface area contributed by atoms with Crippen molar-refractivity contribution in [1.82, 2.24) is 4.98 Å². The predicted octanol–water partition coefficient (Wildman–Crippen LogP) is 1.34. The average molecular weight is 236 g/mol. The van der Waals surface area contributed by atoms with Gasteiger partial charge in [-0.25, -0.2) is 4.98 Å². The molecule has 2 N–H and O–H groups in total. The summed E-state index contributed by atoms with van der Waals surface area (Å²) in [6, 6.07) is 3.86. The number of rotatable bonds is 3. The quantitative estimate of drug-likeness (QED) is 0.831. The summed E-state index contributed by atoms with van der Waals surface area (Å²) in [6.07, 6.45) is 3.45. The molecule has 2 atom stereocenters. The number of hydrogen-bond donors (Lipinski definition) is 2. The lowest BCUT2D eigenvalue weighted by atomic mass is 9.99. The molecule has 0 radical (unpaired) electrons. The van der Waals surface area contributed by atoms with Crippen LogP contribution in [0.15, 0.2) is 18.3 Å². The van der Waals surface area contributed by atoms with E-state index in [9.17, 15) is 10.2 Å². The standard InChI is InChI=1S/C13H20N2O2/c1-10(17)12-4-5-13(14-7-12)15-6-2-3-11(8-15)9-16/h4-5,7,10-11,16-17H,2-3,6,8-9H2,1H3/t10-,11?/m0/s1. The van der Waals surface area contributed by atoms with E-state index in [1.807, 2.05) is 12.1 Å². The Morgan fingerprint density at radius 1 is 1.53 bits per heavy atom. The summed E-state index contributed by atoms with van der Waals surface area (Å²) in [5.41, 5.74) is 0.837. The van der Waals surface area contributed by atoms with Gasteiger partial charge in [0.1, 0.15) is 5.82 Å². The molecule has 1 aliphatic heterocycles. The van der Waals surface area contributed by atoms with Crippen molar-refractivity contribution in [2.24, 2.45) is 5.92 Å². The lowest BCUT2D eigenvalue weighted by Gasteiger charge is -2.32. The first-order valence-electron chi connectivity index (χ1n) is 6.20. The molecule has 17 heavy (non-hydrogen) atoms. The van der Waals surface area contributed by atoms with Crippen molar-refractivity contribution in [3.63, 3.8) is 0 Å². The fourth-order valence-corrected chi connectivity index (χ4v) is 2.25. The molecule has 0 aromatic carbocycles. The average Bonchev–Trinajstić information content (AvgIpc) is 2.39. The maximum atomic E-state index is 9.42. The van der Waals surface area contributed by atoms with Gasteiger partial charge in [0.15, 0.2) is 0 Å². The molecule has 2 rings (SSSR count). The largest absolute Gasteiger partial charge is 0.396 e. The summed E-state index contributed by atoms with van der Waals surface area (Å²) in [5, 5.41) is 18.6. The van der Waals surface area contributed by atoms with E-state index in [1.165, 1.54) is 0 Å². The van der Waals surface area contributed by atoms with Crippen LogP contribution in [-0.2, 0) is 0 Å². The first-order valence-corrected chi connectivity index (χ1v) is 6.20. The molecular weight excluding hydrogens is 216 g/mol. The zero-order valence-corrected chi connectivity index (χ0v) is 10.2. The highest BCUT2D eigenvalue weighted by Crippen LogP contribution is 2.22. The molecule has 0 bridgehead atoms. The van der Waals surface area contributed by atoms with Crippen molar-refractivity contribution in [2.75, 3.05) is 24.6 Å². The van der Waals surface area contributed by atoms with Crippen molar-refractivity contribution in [3.05, 3.63) is 23.9 Å². The molecule has 1 saturated heterocycles. The molecule has 0 amide bonds. The highest BCUT2D eigenvalue weighted by molar-refractivity contribution is 5.40. The third-order valence-corrected chi connectivity index (χ3v) is 3.35. The normalized spacial score (nSPS) is 22.5. The van der Waals surface area contributed by atoms with Gasteiger partial charge in [0, 0.05) is 25.9 Å². The van der Waals surface area contributed by atoms with Gasteiger partial charge >= 0.3 is 0 Å². The zero-order valence-electron chi connectivity index (χ0n) is 10.2. The highest BCUT2D eigenvalue weighted by atomic mass is 16.3. The number of aliphatic hydroxyl groups is 2. The Morgan fingerprint density at radius 2 is 2.35 bits per heavy atom. The Kier molecular flexibility index (Phi) is 3.97. The molecule has 4 nitrogen and oxygen atoms in total. The van der Waals surface area contributed by atoms with Crippen molar-refractivity contribution in [3.8, 4) is 0 Å². The number of anilines is 1. The molecule has 1 unspecified atom stereocenters. The van der Waals surface area contributed by atoms with E-state index in [4.69, 9.17) is 0 Å². The van der Waals surface area contributed by atoms with E-state index in [2.05, 4.69) is 9.88 Å². The van der Waals surface area contributed by atoms with Gasteiger partial charge in [-0.05, 0) is 37.3 Å². The van der Waals surface area contributed by atoms with E-state index in [0.29, 0.717) is 5.92 Å². The molecule has 1 aromatic rings. The second kappa shape index (κ2) is 5.47. The summed E-state index contributed by atoms with van der Waals surface area (Å²) >= 11 is 0. The molecule has 0 aliphatic carbocycles. The Labute approximate surface area is 102 Å². The third-order valence-electron chi connectivity index (χ3n) is 3.35. The van der Waals surface area contributed by atoms with Crippen LogP contribution in [0.4, 0.5) is 5.82 Å². The maximum absolute atomic E-state index is 9.42. The molecule has 1 aliphatic rings. The third kappa shape index (κ3) is 2.96. The minimum atomic E-state index is -0.469. The summed E-state index contributed by atoms with van der Waals surface area (Å²) in [5.74, 6) is 1.30. The fraction of sp³-hybridized carbons (Fsp3) is 0.615. The van der Waals surface area contributed by atoms with Crippen LogP contribution in [0.25, 0.3) is 0 Å². The molecule has 4 heteroatoms. The Hall–Kier alpha value is -1.13. The van der Waals surface area contributed by atoms with Crippen molar-refractivity contribution >= 4 is 5.82 Å². The van der Waals surface area contributed by atoms with Crippen LogP contribution in [0.3, 0.4) is 0 Å². The van der Waals surface area contributed by atoms with Gasteiger partial charge < -0.3 is 15.1 Å². The van der Waals surface area contributed by atoms with Gasteiger partial charge in [0.2, 0.25) is 0 Å². The van der Waals surface area contributed by atoms with Gasteiger partial charge in [0.05, 0.1) is 6.10 Å². The van der Waals surface area contributed by atoms with E-state index in [1.54, 1.807) is 13.1 Å². The van der Waals surface area contributed by atoms with E-state index >= 15 is 0 Å². The van der Waals surface area contributed by atoms with Crippen LogP contribution in [-0.4, -0.2) is 34.9 Å². The fourth-order valence-electron chi connectivity index (χ4n) is 2.25. The smallest absolute Gasteiger partial charge is 0.128 e. The maximum Gasteiger partial charge on any atom is 0.128 e. The van der Waals surface area contributed by atoms with Crippen LogP contribution in [0.1, 0.15) is 31.4 Å². The minimum Gasteiger partial charge on any atom is -0.396 e. The molecule has 0 spiro atoms. The highest BCUT2D eigenvalue weighted by Gasteiger charge is 2.20. The van der Waals surface area contributed by atoms with Gasteiger partial charge in [-0.15, -0.1) is 0 Å². The Bertz CT molecular complexity index is 351. The Balaban J connectivity index is 2.06. The minimum absolute atomic E-state index is 0.252. The summed E-state index contributed by atoms with van der Waals surface area (Å²) in [7, 11) is 0. The van der Waals surface area contributed by atoms with Crippen molar-refractivity contribution in [2.45, 2.75) is 25.9 Å². The first kappa shape index (κ1) is 12.3. The number of piperidine rings is 1. The molecule has 1 aromatic heterocycles. The monoisotopic (exact) mass is 236 g/mol. The second-order valence-electron chi connectivity index (χ2n) is 4.76. The molecule has 0 saturated carbocycles. The van der Waals surface area contributed by atoms with E-state index < -0.39 is 6.10 Å². The van der Waals surface area contributed by atoms with Gasteiger partial charge in [-0.1, -0.05) is 6.07 Å². The molecule has 2 heterocycles. The number of pyridine rings is 1. The second-order valence-corrected chi connectivity index (χ2v) is 4.76. The summed E-state index contributed by atoms with van der Waals surface area (Å²) in [6.45, 7) is 3.86. The van der Waals surface area contributed by atoms with E-state index in [-0.39, 0.29) is 6.61 Å². The van der Waals surface area contributed by atoms with Gasteiger partial charge in [-0.3, -0.25) is 0 Å². The number of aliphatic hydroxyl groups excluding tert-OH is 2. The summed E-state index contributed by atoms with van der Waals surface area (Å²) in [4.78, 5) is 6.58. The van der Waals surface area contributed by atoms with Crippen molar-refractivity contribution in [1.29, 1.82) is 0 Å². The molecular formula is C13H20N2O2. The van der Waals surface area contributed by atoms with Crippen LogP contribution in [0.2, 0.25) is 0 Å². The zero-order chi connectivity index (χ0) is 12.3. The number of aromatic nitrogens is 1. The van der Waals surface area contributed by atoms with Gasteiger partial charge in [-0.2, -0.15) is 0 Å². The van der Waals surface area contributed by atoms with Gasteiger partial charge in [0.25, 0.3) is 0 Å². The topological polar surface area (TPSA) is 56.6 Å². The lowest BCUT2D eigenvalue weighted by Crippen LogP contribution is -2.37. The van der Waals surface area contributed by atoms with Crippen LogP contribution in [0, 0.1) is 5.92 Å². The lowest BCUT2D eigenvalue weighted by molar-refractivity contribution is 0.199. The Morgan fingerprint density at radius 3 is 2.94 bits per heavy atom. The van der Waals surface area contributed by atoms with Crippen LogP contribution in [0.5, 0.6) is 0 Å². The summed E-state index contributed by atoms with van der Waals surface area (Å²) < 4.78 is 0. The van der Waals surface area contributed by atoms with Crippen LogP contribution < -0.4 is 4.90 Å².